The molecule has 0 unspecified atom stereocenters. The standard InChI is InChI=1S/C28H27ClN4OS/c1-4-34-23-13-11-21(12-14-23)33-27(26(31-28(33)35)25-10-5-6-15-30-25)24-16-18(2)32(19(24)3)22-9-7-8-20(29)17-22/h5-17,26-27H,4H2,1-3H3,(H,31,35)/t26-,27-/m1/s1. The third-order valence-corrected chi connectivity index (χ3v) is 6.93. The van der Waals surface area contributed by atoms with Gasteiger partial charge in [-0.15, -0.1) is 0 Å². The highest BCUT2D eigenvalue weighted by Gasteiger charge is 2.42. The molecule has 5 rings (SSSR count). The number of benzene rings is 2. The first kappa shape index (κ1) is 23.4. The summed E-state index contributed by atoms with van der Waals surface area (Å²) in [6.07, 6.45) is 1.83. The average molecular weight is 503 g/mol. The van der Waals surface area contributed by atoms with Crippen molar-refractivity contribution in [1.82, 2.24) is 14.9 Å². The molecule has 35 heavy (non-hydrogen) atoms. The van der Waals surface area contributed by atoms with E-state index in [9.17, 15) is 0 Å². The topological polar surface area (TPSA) is 42.3 Å². The van der Waals surface area contributed by atoms with Crippen LogP contribution in [0.5, 0.6) is 5.75 Å². The van der Waals surface area contributed by atoms with Crippen molar-refractivity contribution in [2.75, 3.05) is 11.5 Å². The number of nitrogens with one attached hydrogen (secondary N) is 1. The highest BCUT2D eigenvalue weighted by atomic mass is 35.5. The maximum atomic E-state index is 6.33. The highest BCUT2D eigenvalue weighted by molar-refractivity contribution is 7.80. The summed E-state index contributed by atoms with van der Waals surface area (Å²) in [6.45, 7) is 6.88. The number of anilines is 1. The van der Waals surface area contributed by atoms with Crippen molar-refractivity contribution in [3.63, 3.8) is 0 Å². The summed E-state index contributed by atoms with van der Waals surface area (Å²) in [6, 6.07) is 24.1. The maximum Gasteiger partial charge on any atom is 0.174 e. The SMILES string of the molecule is CCOc1ccc(N2C(=S)N[C@H](c3ccccn3)[C@H]2c2cc(C)n(-c3cccc(Cl)c3)c2C)cc1. The number of thiocarbonyl (C=S) groups is 1. The van der Waals surface area contributed by atoms with Crippen molar-refractivity contribution in [1.29, 1.82) is 0 Å². The van der Waals surface area contributed by atoms with E-state index in [0.717, 1.165) is 34.2 Å². The van der Waals surface area contributed by atoms with E-state index in [1.165, 1.54) is 5.56 Å². The van der Waals surface area contributed by atoms with Gasteiger partial charge in [0.05, 0.1) is 24.4 Å². The Kier molecular flexibility index (Phi) is 6.50. The number of rotatable bonds is 6. The normalized spacial score (nSPS) is 17.5. The number of hydrogen-bond donors (Lipinski definition) is 1. The summed E-state index contributed by atoms with van der Waals surface area (Å²) in [5, 5.41) is 4.92. The lowest BCUT2D eigenvalue weighted by Crippen LogP contribution is -2.29. The van der Waals surface area contributed by atoms with Crippen molar-refractivity contribution < 1.29 is 4.74 Å². The van der Waals surface area contributed by atoms with E-state index in [4.69, 9.17) is 28.6 Å². The molecule has 2 aromatic carbocycles. The molecule has 1 saturated heterocycles. The monoisotopic (exact) mass is 502 g/mol. The zero-order chi connectivity index (χ0) is 24.5. The van der Waals surface area contributed by atoms with Gasteiger partial charge in [-0.2, -0.15) is 0 Å². The molecule has 1 N–H and O–H groups in total. The average Bonchev–Trinajstić information content (AvgIpc) is 3.35. The number of aryl methyl sites for hydroxylation is 1. The first-order valence-electron chi connectivity index (χ1n) is 11.7. The molecule has 3 heterocycles. The lowest BCUT2D eigenvalue weighted by molar-refractivity contribution is 0.340. The van der Waals surface area contributed by atoms with Crippen LogP contribution in [-0.4, -0.2) is 21.3 Å². The van der Waals surface area contributed by atoms with Gasteiger partial charge in [-0.25, -0.2) is 0 Å². The van der Waals surface area contributed by atoms with E-state index < -0.39 is 0 Å². The van der Waals surface area contributed by atoms with Gasteiger partial charge in [0.25, 0.3) is 0 Å². The van der Waals surface area contributed by atoms with Gasteiger partial charge in [-0.1, -0.05) is 23.7 Å². The molecule has 1 aliphatic rings. The Morgan fingerprint density at radius 1 is 1.00 bits per heavy atom. The number of halogens is 1. The molecule has 4 aromatic rings. The second-order valence-electron chi connectivity index (χ2n) is 8.57. The Bertz CT molecular complexity index is 1350. The van der Waals surface area contributed by atoms with Gasteiger partial charge in [0.1, 0.15) is 5.75 Å². The molecule has 1 fully saturated rings. The summed E-state index contributed by atoms with van der Waals surface area (Å²) in [7, 11) is 0. The number of hydrogen-bond acceptors (Lipinski definition) is 3. The van der Waals surface area contributed by atoms with Gasteiger partial charge < -0.3 is 19.5 Å². The van der Waals surface area contributed by atoms with Crippen molar-refractivity contribution in [3.05, 3.63) is 107 Å². The Hall–Kier alpha value is -3.35. The maximum absolute atomic E-state index is 6.33. The molecular weight excluding hydrogens is 476 g/mol. The lowest BCUT2D eigenvalue weighted by Gasteiger charge is -2.28. The molecule has 2 atom stereocenters. The molecule has 0 spiro atoms. The highest BCUT2D eigenvalue weighted by Crippen LogP contribution is 2.44. The predicted octanol–water partition coefficient (Wildman–Crippen LogP) is 6.72. The van der Waals surface area contributed by atoms with E-state index in [2.05, 4.69) is 57.9 Å². The van der Waals surface area contributed by atoms with Gasteiger partial charge in [0.2, 0.25) is 0 Å². The fraction of sp³-hybridized carbons (Fsp3) is 0.214. The van der Waals surface area contributed by atoms with Crippen LogP contribution >= 0.6 is 23.8 Å². The first-order valence-corrected chi connectivity index (χ1v) is 12.4. The quantitative estimate of drug-likeness (QED) is 0.296. The van der Waals surface area contributed by atoms with Crippen molar-refractivity contribution >= 4 is 34.6 Å². The third kappa shape index (κ3) is 4.40. The second kappa shape index (κ2) is 9.72. The molecule has 7 heteroatoms. The van der Waals surface area contributed by atoms with Crippen molar-refractivity contribution in [2.24, 2.45) is 0 Å². The smallest absolute Gasteiger partial charge is 0.174 e. The number of nitrogens with zero attached hydrogens (tertiary/aromatic N) is 3. The van der Waals surface area contributed by atoms with E-state index in [1.807, 2.05) is 61.7 Å². The fourth-order valence-electron chi connectivity index (χ4n) is 4.92. The van der Waals surface area contributed by atoms with E-state index >= 15 is 0 Å². The molecule has 0 saturated carbocycles. The van der Waals surface area contributed by atoms with Gasteiger partial charge in [-0.3, -0.25) is 4.98 Å². The van der Waals surface area contributed by atoms with Crippen LogP contribution in [0.4, 0.5) is 5.69 Å². The van der Waals surface area contributed by atoms with Gasteiger partial charge in [-0.05, 0) is 99.2 Å². The summed E-state index contributed by atoms with van der Waals surface area (Å²) in [4.78, 5) is 6.86. The minimum atomic E-state index is -0.108. The molecule has 178 valence electrons. The summed E-state index contributed by atoms with van der Waals surface area (Å²) < 4.78 is 7.90. The van der Waals surface area contributed by atoms with E-state index in [0.29, 0.717) is 16.7 Å². The van der Waals surface area contributed by atoms with E-state index in [-0.39, 0.29) is 12.1 Å². The Labute approximate surface area is 216 Å². The molecule has 1 aliphatic heterocycles. The molecule has 0 radical (unpaired) electrons. The van der Waals surface area contributed by atoms with Crippen LogP contribution in [0.2, 0.25) is 5.02 Å². The zero-order valence-corrected chi connectivity index (χ0v) is 21.5. The van der Waals surface area contributed by atoms with Crippen LogP contribution < -0.4 is 15.0 Å². The zero-order valence-electron chi connectivity index (χ0n) is 19.9. The largest absolute Gasteiger partial charge is 0.494 e. The van der Waals surface area contributed by atoms with Crippen LogP contribution in [0, 0.1) is 13.8 Å². The number of ether oxygens (including phenoxy) is 1. The van der Waals surface area contributed by atoms with Gasteiger partial charge in [0.15, 0.2) is 5.11 Å². The summed E-state index contributed by atoms with van der Waals surface area (Å²) >= 11 is 12.2. The Morgan fingerprint density at radius 2 is 1.80 bits per heavy atom. The van der Waals surface area contributed by atoms with E-state index in [1.54, 1.807) is 0 Å². The minimum absolute atomic E-state index is 0.0884. The van der Waals surface area contributed by atoms with Crippen LogP contribution in [0.25, 0.3) is 5.69 Å². The van der Waals surface area contributed by atoms with Crippen molar-refractivity contribution in [2.45, 2.75) is 32.9 Å². The lowest BCUT2D eigenvalue weighted by atomic mass is 9.96. The summed E-state index contributed by atoms with van der Waals surface area (Å²) in [5.41, 5.74) is 6.43. The van der Waals surface area contributed by atoms with Gasteiger partial charge in [0, 0.05) is 34.0 Å². The van der Waals surface area contributed by atoms with Crippen LogP contribution in [-0.2, 0) is 0 Å². The Balaban J connectivity index is 1.64. The first-order chi connectivity index (χ1) is 17.0. The van der Waals surface area contributed by atoms with Crippen LogP contribution in [0.1, 0.15) is 41.7 Å². The van der Waals surface area contributed by atoms with Crippen LogP contribution in [0.3, 0.4) is 0 Å². The molecular formula is C28H27ClN4OS. The molecule has 0 amide bonds. The summed E-state index contributed by atoms with van der Waals surface area (Å²) in [5.74, 6) is 0.839. The molecule has 0 aliphatic carbocycles. The van der Waals surface area contributed by atoms with Crippen LogP contribution in [0.15, 0.2) is 79.0 Å². The number of pyridine rings is 1. The molecule has 5 nitrogen and oxygen atoms in total. The van der Waals surface area contributed by atoms with Crippen molar-refractivity contribution in [3.8, 4) is 11.4 Å². The minimum Gasteiger partial charge on any atom is -0.494 e. The fourth-order valence-corrected chi connectivity index (χ4v) is 5.45. The third-order valence-electron chi connectivity index (χ3n) is 6.38. The Morgan fingerprint density at radius 3 is 2.49 bits per heavy atom. The number of aromatic nitrogens is 2. The predicted molar refractivity (Wildman–Crippen MR) is 146 cm³/mol. The van der Waals surface area contributed by atoms with Gasteiger partial charge >= 0.3 is 0 Å². The molecule has 0 bridgehead atoms. The second-order valence-corrected chi connectivity index (χ2v) is 9.39. The molecule has 2 aromatic heterocycles.